The van der Waals surface area contributed by atoms with E-state index < -0.39 is 0 Å². The summed E-state index contributed by atoms with van der Waals surface area (Å²) in [5.74, 6) is 1.73. The highest BCUT2D eigenvalue weighted by molar-refractivity contribution is 5.44. The molecule has 0 atom stereocenters. The quantitative estimate of drug-likeness (QED) is 0.277. The van der Waals surface area contributed by atoms with Crippen LogP contribution in [-0.4, -0.2) is 77.6 Å². The fourth-order valence-electron chi connectivity index (χ4n) is 2.79. The molecule has 0 spiro atoms. The van der Waals surface area contributed by atoms with E-state index in [0.29, 0.717) is 0 Å². The zero-order valence-corrected chi connectivity index (χ0v) is 19.5. The molecule has 6 heteroatoms. The van der Waals surface area contributed by atoms with Gasteiger partial charge in [-0.05, 0) is 48.5 Å². The van der Waals surface area contributed by atoms with Gasteiger partial charge >= 0.3 is 0 Å². The molecule has 2 aromatic carbocycles. The standard InChI is InChI=1S/C24H38N4O2/c1-27(2,3)17-7-19-29-23-13-9-21(10-14-23)25-26-22-11-15-24(16-12-22)30-20-8-18-28(4,5)6/h9-16H,7-8,17-20H2,1-6H3/q+2. The second-order valence-electron chi connectivity index (χ2n) is 9.62. The highest BCUT2D eigenvalue weighted by Crippen LogP contribution is 2.23. The average Bonchev–Trinajstić information content (AvgIpc) is 2.67. The highest BCUT2D eigenvalue weighted by Gasteiger charge is 2.07. The summed E-state index contributed by atoms with van der Waals surface area (Å²) >= 11 is 0. The van der Waals surface area contributed by atoms with Gasteiger partial charge in [0.1, 0.15) is 11.5 Å². The number of ether oxygens (including phenoxy) is 2. The minimum atomic E-state index is 0.722. The SMILES string of the molecule is C[N+](C)(C)CCCOc1ccc(N=Nc2ccc(OCCC[N+](C)(C)C)cc2)cc1. The number of rotatable bonds is 12. The van der Waals surface area contributed by atoms with Crippen LogP contribution in [-0.2, 0) is 0 Å². The number of quaternary nitrogens is 2. The summed E-state index contributed by atoms with van der Waals surface area (Å²) in [5, 5.41) is 8.61. The number of hydrogen-bond donors (Lipinski definition) is 0. The molecule has 0 saturated heterocycles. The van der Waals surface area contributed by atoms with Crippen molar-refractivity contribution in [1.82, 2.24) is 0 Å². The van der Waals surface area contributed by atoms with Crippen LogP contribution in [0.25, 0.3) is 0 Å². The maximum atomic E-state index is 5.79. The van der Waals surface area contributed by atoms with Crippen LogP contribution in [0.3, 0.4) is 0 Å². The summed E-state index contributed by atoms with van der Waals surface area (Å²) < 4.78 is 13.5. The van der Waals surface area contributed by atoms with Crippen LogP contribution in [0, 0.1) is 0 Å². The molecule has 2 rings (SSSR count). The minimum absolute atomic E-state index is 0.722. The van der Waals surface area contributed by atoms with Gasteiger partial charge in [0, 0.05) is 12.8 Å². The van der Waals surface area contributed by atoms with E-state index in [4.69, 9.17) is 9.47 Å². The summed E-state index contributed by atoms with van der Waals surface area (Å²) in [6.07, 6.45) is 2.06. The average molecular weight is 415 g/mol. The molecule has 164 valence electrons. The summed E-state index contributed by atoms with van der Waals surface area (Å²) in [7, 11) is 13.1. The van der Waals surface area contributed by atoms with Gasteiger partial charge in [-0.1, -0.05) is 0 Å². The smallest absolute Gasteiger partial charge is 0.119 e. The van der Waals surface area contributed by atoms with Gasteiger partial charge in [-0.15, -0.1) is 0 Å². The molecule has 6 nitrogen and oxygen atoms in total. The normalized spacial score (nSPS) is 12.3. The van der Waals surface area contributed by atoms with E-state index >= 15 is 0 Å². The van der Waals surface area contributed by atoms with Crippen LogP contribution in [0.15, 0.2) is 58.8 Å². The largest absolute Gasteiger partial charge is 0.493 e. The second-order valence-corrected chi connectivity index (χ2v) is 9.62. The van der Waals surface area contributed by atoms with E-state index in [1.165, 1.54) is 0 Å². The van der Waals surface area contributed by atoms with Crippen molar-refractivity contribution < 1.29 is 18.4 Å². The lowest BCUT2D eigenvalue weighted by atomic mass is 10.3. The zero-order chi connectivity index (χ0) is 22.0. The predicted octanol–water partition coefficient (Wildman–Crippen LogP) is 5.05. The van der Waals surface area contributed by atoms with Crippen LogP contribution in [0.1, 0.15) is 12.8 Å². The minimum Gasteiger partial charge on any atom is -0.493 e. The van der Waals surface area contributed by atoms with Crippen molar-refractivity contribution >= 4 is 11.4 Å². The number of azo groups is 1. The van der Waals surface area contributed by atoms with Crippen LogP contribution in [0.5, 0.6) is 11.5 Å². The van der Waals surface area contributed by atoms with Crippen molar-refractivity contribution in [2.24, 2.45) is 10.2 Å². The third-order valence-corrected chi connectivity index (χ3v) is 4.44. The van der Waals surface area contributed by atoms with Crippen molar-refractivity contribution in [2.45, 2.75) is 12.8 Å². The molecule has 0 N–H and O–H groups in total. The maximum Gasteiger partial charge on any atom is 0.119 e. The molecule has 0 radical (unpaired) electrons. The van der Waals surface area contributed by atoms with Gasteiger partial charge in [0.15, 0.2) is 0 Å². The Balaban J connectivity index is 1.76. The van der Waals surface area contributed by atoms with Crippen molar-refractivity contribution in [3.8, 4) is 11.5 Å². The summed E-state index contributed by atoms with van der Waals surface area (Å²) in [4.78, 5) is 0. The molecule has 0 aliphatic carbocycles. The Hall–Kier alpha value is -2.44. The van der Waals surface area contributed by atoms with E-state index in [1.54, 1.807) is 0 Å². The van der Waals surface area contributed by atoms with E-state index in [-0.39, 0.29) is 0 Å². The van der Waals surface area contributed by atoms with Crippen LogP contribution in [0.4, 0.5) is 11.4 Å². The number of nitrogens with zero attached hydrogens (tertiary/aromatic N) is 4. The van der Waals surface area contributed by atoms with Gasteiger partial charge in [0.05, 0.1) is 80.0 Å². The van der Waals surface area contributed by atoms with Gasteiger partial charge in [-0.25, -0.2) is 0 Å². The highest BCUT2D eigenvalue weighted by atomic mass is 16.5. The Morgan fingerprint density at radius 2 is 0.900 bits per heavy atom. The van der Waals surface area contributed by atoms with E-state index in [9.17, 15) is 0 Å². The van der Waals surface area contributed by atoms with Gasteiger partial charge in [-0.2, -0.15) is 10.2 Å². The molecule has 0 aliphatic rings. The summed E-state index contributed by atoms with van der Waals surface area (Å²) in [6, 6.07) is 15.4. The topological polar surface area (TPSA) is 43.2 Å². The van der Waals surface area contributed by atoms with E-state index in [2.05, 4.69) is 52.5 Å². The third kappa shape index (κ3) is 10.4. The van der Waals surface area contributed by atoms with Crippen molar-refractivity contribution in [2.75, 3.05) is 68.6 Å². The van der Waals surface area contributed by atoms with E-state index in [0.717, 1.165) is 71.0 Å². The van der Waals surface area contributed by atoms with E-state index in [1.807, 2.05) is 48.5 Å². The predicted molar refractivity (Wildman–Crippen MR) is 123 cm³/mol. The summed E-state index contributed by atoms with van der Waals surface area (Å²) in [6.45, 7) is 3.62. The monoisotopic (exact) mass is 414 g/mol. The Morgan fingerprint density at radius 3 is 1.20 bits per heavy atom. The van der Waals surface area contributed by atoms with Crippen LogP contribution >= 0.6 is 0 Å². The van der Waals surface area contributed by atoms with Gasteiger partial charge in [0.25, 0.3) is 0 Å². The van der Waals surface area contributed by atoms with Crippen molar-refractivity contribution in [3.63, 3.8) is 0 Å². The Bertz CT molecular complexity index is 705. The van der Waals surface area contributed by atoms with Gasteiger partial charge in [0.2, 0.25) is 0 Å². The van der Waals surface area contributed by atoms with Crippen molar-refractivity contribution in [1.29, 1.82) is 0 Å². The molecular weight excluding hydrogens is 376 g/mol. The molecule has 0 fully saturated rings. The first kappa shape index (κ1) is 23.8. The van der Waals surface area contributed by atoms with Crippen LogP contribution in [0.2, 0.25) is 0 Å². The molecule has 0 aliphatic heterocycles. The lowest BCUT2D eigenvalue weighted by Crippen LogP contribution is -2.36. The molecule has 2 aromatic rings. The molecule has 0 amide bonds. The lowest BCUT2D eigenvalue weighted by Gasteiger charge is -2.23. The first-order valence-corrected chi connectivity index (χ1v) is 10.6. The molecule has 30 heavy (non-hydrogen) atoms. The molecule has 0 bridgehead atoms. The summed E-state index contributed by atoms with van der Waals surface area (Å²) in [5.41, 5.74) is 1.60. The first-order valence-electron chi connectivity index (χ1n) is 10.6. The second kappa shape index (κ2) is 11.1. The number of hydrogen-bond acceptors (Lipinski definition) is 4. The Kier molecular flexibility index (Phi) is 8.81. The number of benzene rings is 2. The molecule has 0 aromatic heterocycles. The third-order valence-electron chi connectivity index (χ3n) is 4.44. The molecular formula is C24H38N4O2+2. The van der Waals surface area contributed by atoms with Gasteiger partial charge < -0.3 is 18.4 Å². The Morgan fingerprint density at radius 1 is 0.567 bits per heavy atom. The van der Waals surface area contributed by atoms with Crippen molar-refractivity contribution in [3.05, 3.63) is 48.5 Å². The maximum absolute atomic E-state index is 5.79. The van der Waals surface area contributed by atoms with Gasteiger partial charge in [-0.3, -0.25) is 0 Å². The fraction of sp³-hybridized carbons (Fsp3) is 0.500. The molecule has 0 unspecified atom stereocenters. The van der Waals surface area contributed by atoms with Crippen LogP contribution < -0.4 is 9.47 Å². The Labute approximate surface area is 181 Å². The lowest BCUT2D eigenvalue weighted by molar-refractivity contribution is -0.870. The zero-order valence-electron chi connectivity index (χ0n) is 19.5. The molecule has 0 saturated carbocycles. The fourth-order valence-corrected chi connectivity index (χ4v) is 2.79. The molecule has 0 heterocycles. The first-order chi connectivity index (χ1) is 14.1.